The summed E-state index contributed by atoms with van der Waals surface area (Å²) >= 11 is 0. The number of rotatable bonds is 7. The SMILES string of the molecule is CC(C)Oc1cc(N2CC(C)(CO)C2)cnc1-c1cn(CC2CC(C)(C)CO2)nn1. The van der Waals surface area contributed by atoms with Crippen LogP contribution in [0, 0.1) is 10.8 Å². The molecule has 2 aliphatic rings. The van der Waals surface area contributed by atoms with E-state index >= 15 is 0 Å². The maximum absolute atomic E-state index is 9.52. The number of hydrogen-bond acceptors (Lipinski definition) is 7. The van der Waals surface area contributed by atoms with Crippen molar-refractivity contribution in [2.24, 2.45) is 10.8 Å². The van der Waals surface area contributed by atoms with Gasteiger partial charge in [0.25, 0.3) is 0 Å². The Labute approximate surface area is 178 Å². The zero-order valence-corrected chi connectivity index (χ0v) is 18.6. The average Bonchev–Trinajstić information content (AvgIpc) is 3.24. The van der Waals surface area contributed by atoms with Gasteiger partial charge in [-0.05, 0) is 25.7 Å². The van der Waals surface area contributed by atoms with Crippen LogP contribution in [-0.4, -0.2) is 63.6 Å². The van der Waals surface area contributed by atoms with E-state index in [1.807, 2.05) is 37.0 Å². The highest BCUT2D eigenvalue weighted by Gasteiger charge is 2.38. The van der Waals surface area contributed by atoms with Gasteiger partial charge in [-0.1, -0.05) is 26.0 Å². The van der Waals surface area contributed by atoms with Crippen molar-refractivity contribution in [1.82, 2.24) is 20.0 Å². The molecule has 1 N–H and O–H groups in total. The summed E-state index contributed by atoms with van der Waals surface area (Å²) in [5.74, 6) is 0.699. The van der Waals surface area contributed by atoms with Crippen LogP contribution in [0.4, 0.5) is 5.69 Å². The van der Waals surface area contributed by atoms with Crippen molar-refractivity contribution in [2.45, 2.75) is 59.8 Å². The van der Waals surface area contributed by atoms with Crippen LogP contribution in [0.5, 0.6) is 5.75 Å². The van der Waals surface area contributed by atoms with Gasteiger partial charge in [-0.25, -0.2) is 9.67 Å². The average molecular weight is 416 g/mol. The second kappa shape index (κ2) is 7.81. The van der Waals surface area contributed by atoms with E-state index in [1.54, 1.807) is 0 Å². The second-order valence-electron chi connectivity index (χ2n) is 10.2. The largest absolute Gasteiger partial charge is 0.489 e. The van der Waals surface area contributed by atoms with Gasteiger partial charge in [0.1, 0.15) is 17.1 Å². The number of nitrogens with zero attached hydrogens (tertiary/aromatic N) is 5. The van der Waals surface area contributed by atoms with Crippen LogP contribution < -0.4 is 9.64 Å². The third kappa shape index (κ3) is 4.44. The number of anilines is 1. The summed E-state index contributed by atoms with van der Waals surface area (Å²) in [7, 11) is 0. The van der Waals surface area contributed by atoms with Gasteiger partial charge in [0, 0.05) is 24.6 Å². The van der Waals surface area contributed by atoms with Crippen LogP contribution in [0.25, 0.3) is 11.4 Å². The number of pyridine rings is 1. The van der Waals surface area contributed by atoms with Crippen LogP contribution in [0.1, 0.15) is 41.0 Å². The zero-order chi connectivity index (χ0) is 21.5. The molecule has 2 aliphatic heterocycles. The number of aliphatic hydroxyl groups excluding tert-OH is 1. The summed E-state index contributed by atoms with van der Waals surface area (Å²) < 4.78 is 13.8. The molecule has 8 nitrogen and oxygen atoms in total. The lowest BCUT2D eigenvalue weighted by Crippen LogP contribution is -2.56. The highest BCUT2D eigenvalue weighted by molar-refractivity contribution is 5.66. The molecule has 30 heavy (non-hydrogen) atoms. The number of aliphatic hydroxyl groups is 1. The summed E-state index contributed by atoms with van der Waals surface area (Å²) in [6.07, 6.45) is 4.95. The topological polar surface area (TPSA) is 85.5 Å². The first kappa shape index (κ1) is 21.1. The Kier molecular flexibility index (Phi) is 5.48. The third-order valence-electron chi connectivity index (χ3n) is 5.75. The zero-order valence-electron chi connectivity index (χ0n) is 18.6. The van der Waals surface area contributed by atoms with Crippen LogP contribution in [0.3, 0.4) is 0 Å². The summed E-state index contributed by atoms with van der Waals surface area (Å²) in [6.45, 7) is 13.8. The van der Waals surface area contributed by atoms with E-state index < -0.39 is 0 Å². The number of hydrogen-bond donors (Lipinski definition) is 1. The molecule has 4 rings (SSSR count). The fourth-order valence-corrected chi connectivity index (χ4v) is 4.20. The molecule has 0 aliphatic carbocycles. The van der Waals surface area contributed by atoms with Crippen molar-refractivity contribution in [3.8, 4) is 17.1 Å². The molecule has 1 unspecified atom stereocenters. The van der Waals surface area contributed by atoms with Crippen LogP contribution >= 0.6 is 0 Å². The summed E-state index contributed by atoms with van der Waals surface area (Å²) in [5, 5.41) is 18.2. The molecule has 164 valence electrons. The van der Waals surface area contributed by atoms with Crippen LogP contribution in [-0.2, 0) is 11.3 Å². The van der Waals surface area contributed by atoms with Gasteiger partial charge in [-0.3, -0.25) is 0 Å². The minimum absolute atomic E-state index is 0.0177. The molecule has 0 saturated carbocycles. The first-order valence-corrected chi connectivity index (χ1v) is 10.7. The molecule has 0 radical (unpaired) electrons. The highest BCUT2D eigenvalue weighted by Crippen LogP contribution is 2.37. The van der Waals surface area contributed by atoms with Gasteiger partial charge < -0.3 is 19.5 Å². The highest BCUT2D eigenvalue weighted by atomic mass is 16.5. The lowest BCUT2D eigenvalue weighted by Gasteiger charge is -2.48. The lowest BCUT2D eigenvalue weighted by molar-refractivity contribution is 0.0848. The molecule has 2 aromatic heterocycles. The molecular formula is C22H33N5O3. The van der Waals surface area contributed by atoms with Crippen molar-refractivity contribution >= 4 is 5.69 Å². The van der Waals surface area contributed by atoms with Crippen LogP contribution in [0.2, 0.25) is 0 Å². The van der Waals surface area contributed by atoms with Crippen molar-refractivity contribution in [3.63, 3.8) is 0 Å². The summed E-state index contributed by atoms with van der Waals surface area (Å²) in [6, 6.07) is 2.01. The van der Waals surface area contributed by atoms with E-state index in [0.29, 0.717) is 23.7 Å². The van der Waals surface area contributed by atoms with Gasteiger partial charge in [-0.15, -0.1) is 5.10 Å². The normalized spacial score (nSPS) is 22.4. The van der Waals surface area contributed by atoms with Crippen molar-refractivity contribution in [2.75, 3.05) is 31.2 Å². The summed E-state index contributed by atoms with van der Waals surface area (Å²) in [4.78, 5) is 6.88. The van der Waals surface area contributed by atoms with Crippen molar-refractivity contribution in [1.29, 1.82) is 0 Å². The third-order valence-corrected chi connectivity index (χ3v) is 5.75. The molecule has 2 aromatic rings. The fraction of sp³-hybridized carbons (Fsp3) is 0.682. The Morgan fingerprint density at radius 3 is 2.70 bits per heavy atom. The van der Waals surface area contributed by atoms with Gasteiger partial charge >= 0.3 is 0 Å². The molecule has 0 aromatic carbocycles. The Hall–Kier alpha value is -2.19. The lowest BCUT2D eigenvalue weighted by atomic mass is 9.82. The predicted octanol–water partition coefficient (Wildman–Crippen LogP) is 2.76. The minimum Gasteiger partial charge on any atom is -0.489 e. The van der Waals surface area contributed by atoms with E-state index in [9.17, 15) is 5.11 Å². The van der Waals surface area contributed by atoms with Gasteiger partial charge in [0.15, 0.2) is 0 Å². The predicted molar refractivity (Wildman–Crippen MR) is 115 cm³/mol. The Morgan fingerprint density at radius 2 is 2.07 bits per heavy atom. The monoisotopic (exact) mass is 415 g/mol. The first-order valence-electron chi connectivity index (χ1n) is 10.7. The van der Waals surface area contributed by atoms with E-state index in [4.69, 9.17) is 9.47 Å². The molecule has 2 fully saturated rings. The standard InChI is InChI=1S/C22H33N5O3/c1-15(2)30-19-6-16(26-11-22(5,12-26)13-28)8-23-20(19)18-10-27(25-24-18)9-17-7-21(3,4)14-29-17/h6,8,10,15,17,28H,7,9,11-14H2,1-5H3. The maximum Gasteiger partial charge on any atom is 0.149 e. The molecule has 1 atom stereocenters. The van der Waals surface area contributed by atoms with Crippen molar-refractivity contribution < 1.29 is 14.6 Å². The summed E-state index contributed by atoms with van der Waals surface area (Å²) in [5.41, 5.74) is 2.55. The van der Waals surface area contributed by atoms with E-state index in [0.717, 1.165) is 31.8 Å². The van der Waals surface area contributed by atoms with Gasteiger partial charge in [0.2, 0.25) is 0 Å². The van der Waals surface area contributed by atoms with Gasteiger partial charge in [0.05, 0.1) is 50.0 Å². The Balaban J connectivity index is 1.52. The Bertz CT molecular complexity index is 889. The van der Waals surface area contributed by atoms with E-state index in [1.165, 1.54) is 0 Å². The molecule has 8 heteroatoms. The Morgan fingerprint density at radius 1 is 1.30 bits per heavy atom. The maximum atomic E-state index is 9.52. The minimum atomic E-state index is -0.0443. The number of aromatic nitrogens is 4. The van der Waals surface area contributed by atoms with E-state index in [2.05, 4.69) is 41.0 Å². The molecular weight excluding hydrogens is 382 g/mol. The molecule has 0 spiro atoms. The molecule has 2 saturated heterocycles. The van der Waals surface area contributed by atoms with E-state index in [-0.39, 0.29) is 29.6 Å². The molecule has 4 heterocycles. The second-order valence-corrected chi connectivity index (χ2v) is 10.2. The first-order chi connectivity index (χ1) is 14.2. The fourth-order valence-electron chi connectivity index (χ4n) is 4.20. The number of ether oxygens (including phenoxy) is 2. The quantitative estimate of drug-likeness (QED) is 0.744. The van der Waals surface area contributed by atoms with Crippen molar-refractivity contribution in [3.05, 3.63) is 18.5 Å². The van der Waals surface area contributed by atoms with Crippen LogP contribution in [0.15, 0.2) is 18.5 Å². The smallest absolute Gasteiger partial charge is 0.149 e. The van der Waals surface area contributed by atoms with Gasteiger partial charge in [-0.2, -0.15) is 0 Å². The molecule has 0 bridgehead atoms. The molecule has 0 amide bonds.